The van der Waals surface area contributed by atoms with Crippen LogP contribution in [0.2, 0.25) is 0 Å². The van der Waals surface area contributed by atoms with Crippen LogP contribution < -0.4 is 5.32 Å². The normalized spacial score (nSPS) is 19.0. The summed E-state index contributed by atoms with van der Waals surface area (Å²) in [6.07, 6.45) is 0.693. The number of carboxylic acid groups (broad SMARTS) is 1. The number of carbonyl (C=O) groups excluding carboxylic acids is 1. The fraction of sp³-hybridized carbons (Fsp3) is 0.467. The minimum Gasteiger partial charge on any atom is -0.480 e. The zero-order valence-corrected chi connectivity index (χ0v) is 11.4. The van der Waals surface area contributed by atoms with Crippen LogP contribution in [-0.4, -0.2) is 23.0 Å². The van der Waals surface area contributed by atoms with Crippen LogP contribution in [0.4, 0.5) is 0 Å². The lowest BCUT2D eigenvalue weighted by molar-refractivity contribution is -0.145. The zero-order valence-electron chi connectivity index (χ0n) is 11.4. The first-order chi connectivity index (χ1) is 8.80. The molecule has 0 fully saturated rings. The Kier molecular flexibility index (Phi) is 3.35. The van der Waals surface area contributed by atoms with Gasteiger partial charge in [0.05, 0.1) is 5.92 Å². The molecular weight excluding hydrogens is 242 g/mol. The summed E-state index contributed by atoms with van der Waals surface area (Å²) in [5.41, 5.74) is 1.67. The van der Waals surface area contributed by atoms with Crippen molar-refractivity contribution in [3.05, 3.63) is 35.4 Å². The van der Waals surface area contributed by atoms with Gasteiger partial charge in [0.15, 0.2) is 0 Å². The van der Waals surface area contributed by atoms with E-state index in [1.54, 1.807) is 20.8 Å². The van der Waals surface area contributed by atoms with Crippen LogP contribution >= 0.6 is 0 Å². The summed E-state index contributed by atoms with van der Waals surface area (Å²) >= 11 is 0. The average Bonchev–Trinajstić information content (AvgIpc) is 2.25. The molecule has 1 aliphatic rings. The first kappa shape index (κ1) is 13.6. The molecule has 0 bridgehead atoms. The molecule has 1 aromatic rings. The zero-order chi connectivity index (χ0) is 14.2. The lowest BCUT2D eigenvalue weighted by Gasteiger charge is -2.33. The topological polar surface area (TPSA) is 66.4 Å². The summed E-state index contributed by atoms with van der Waals surface area (Å²) < 4.78 is 0. The van der Waals surface area contributed by atoms with Crippen LogP contribution in [0.3, 0.4) is 0 Å². The Labute approximate surface area is 112 Å². The van der Waals surface area contributed by atoms with Crippen LogP contribution in [0.5, 0.6) is 0 Å². The van der Waals surface area contributed by atoms with E-state index in [-0.39, 0.29) is 11.8 Å². The van der Waals surface area contributed by atoms with Gasteiger partial charge in [0.25, 0.3) is 0 Å². The lowest BCUT2D eigenvalue weighted by atomic mass is 9.76. The number of amides is 1. The van der Waals surface area contributed by atoms with E-state index in [4.69, 9.17) is 0 Å². The summed E-state index contributed by atoms with van der Waals surface area (Å²) in [6, 6.07) is 6.90. The highest BCUT2D eigenvalue weighted by atomic mass is 16.4. The Morgan fingerprint density at radius 1 is 1.32 bits per heavy atom. The first-order valence-corrected chi connectivity index (χ1v) is 6.41. The van der Waals surface area contributed by atoms with Gasteiger partial charge < -0.3 is 10.4 Å². The summed E-state index contributed by atoms with van der Waals surface area (Å²) in [5.74, 6) is -1.39. The van der Waals surface area contributed by atoms with Crippen LogP contribution in [0.1, 0.15) is 37.8 Å². The Bertz CT molecular complexity index is 516. The Hall–Kier alpha value is -1.84. The van der Waals surface area contributed by atoms with Gasteiger partial charge in [-0.1, -0.05) is 45.0 Å². The van der Waals surface area contributed by atoms with E-state index in [1.165, 1.54) is 5.56 Å². The Morgan fingerprint density at radius 3 is 2.47 bits per heavy atom. The largest absolute Gasteiger partial charge is 0.480 e. The SMILES string of the molecule is CC(C)(C)C(NC(=O)C1Cc2ccccc21)C(=O)O. The molecule has 0 aliphatic heterocycles. The Balaban J connectivity index is 2.09. The molecule has 1 aliphatic carbocycles. The van der Waals surface area contributed by atoms with Gasteiger partial charge in [-0.05, 0) is 23.0 Å². The van der Waals surface area contributed by atoms with Crippen molar-refractivity contribution in [2.45, 2.75) is 39.2 Å². The molecule has 0 saturated heterocycles. The molecule has 102 valence electrons. The van der Waals surface area contributed by atoms with Gasteiger partial charge in [0.2, 0.25) is 5.91 Å². The van der Waals surface area contributed by atoms with E-state index in [9.17, 15) is 14.7 Å². The van der Waals surface area contributed by atoms with Gasteiger partial charge in [-0.2, -0.15) is 0 Å². The maximum atomic E-state index is 12.2. The summed E-state index contributed by atoms with van der Waals surface area (Å²) in [5, 5.41) is 11.9. The third kappa shape index (κ3) is 2.62. The van der Waals surface area contributed by atoms with Crippen LogP contribution in [0, 0.1) is 5.41 Å². The summed E-state index contributed by atoms with van der Waals surface area (Å²) in [6.45, 7) is 5.42. The third-order valence-electron chi connectivity index (χ3n) is 3.57. The molecule has 0 radical (unpaired) electrons. The molecule has 4 heteroatoms. The van der Waals surface area contributed by atoms with Gasteiger partial charge in [-0.3, -0.25) is 4.79 Å². The summed E-state index contributed by atoms with van der Waals surface area (Å²) in [4.78, 5) is 23.4. The molecule has 0 aromatic heterocycles. The van der Waals surface area contributed by atoms with E-state index in [1.807, 2.05) is 24.3 Å². The van der Waals surface area contributed by atoms with Gasteiger partial charge >= 0.3 is 5.97 Å². The molecule has 0 spiro atoms. The van der Waals surface area contributed by atoms with Crippen molar-refractivity contribution in [1.82, 2.24) is 5.32 Å². The van der Waals surface area contributed by atoms with Crippen molar-refractivity contribution >= 4 is 11.9 Å². The number of carbonyl (C=O) groups is 2. The van der Waals surface area contributed by atoms with Crippen molar-refractivity contribution in [3.63, 3.8) is 0 Å². The number of rotatable bonds is 3. The van der Waals surface area contributed by atoms with Crippen LogP contribution in [-0.2, 0) is 16.0 Å². The number of fused-ring (bicyclic) bond motifs is 1. The quantitative estimate of drug-likeness (QED) is 0.874. The van der Waals surface area contributed by atoms with Crippen molar-refractivity contribution in [3.8, 4) is 0 Å². The molecule has 0 heterocycles. The molecule has 1 amide bonds. The highest BCUT2D eigenvalue weighted by Gasteiger charge is 2.37. The predicted octanol–water partition coefficient (Wildman–Crippen LogP) is 1.94. The predicted molar refractivity (Wildman–Crippen MR) is 71.9 cm³/mol. The fourth-order valence-electron chi connectivity index (χ4n) is 2.38. The second kappa shape index (κ2) is 4.68. The van der Waals surface area contributed by atoms with E-state index in [0.29, 0.717) is 6.42 Å². The lowest BCUT2D eigenvalue weighted by Crippen LogP contribution is -2.51. The van der Waals surface area contributed by atoms with Crippen LogP contribution in [0.25, 0.3) is 0 Å². The molecule has 2 rings (SSSR count). The highest BCUT2D eigenvalue weighted by Crippen LogP contribution is 2.35. The molecule has 2 atom stereocenters. The number of aliphatic carboxylic acids is 1. The number of nitrogens with one attached hydrogen (secondary N) is 1. The Morgan fingerprint density at radius 2 is 1.95 bits per heavy atom. The molecule has 2 unspecified atom stereocenters. The average molecular weight is 261 g/mol. The van der Waals surface area contributed by atoms with E-state index in [2.05, 4.69) is 5.32 Å². The van der Waals surface area contributed by atoms with Crippen molar-refractivity contribution in [2.24, 2.45) is 5.41 Å². The first-order valence-electron chi connectivity index (χ1n) is 6.41. The standard InChI is InChI=1S/C15H19NO3/c1-15(2,3)12(14(18)19)16-13(17)11-8-9-6-4-5-7-10(9)11/h4-7,11-12H,8H2,1-3H3,(H,16,17)(H,18,19). The monoisotopic (exact) mass is 261 g/mol. The fourth-order valence-corrected chi connectivity index (χ4v) is 2.38. The van der Waals surface area contributed by atoms with E-state index < -0.39 is 17.4 Å². The number of hydrogen-bond acceptors (Lipinski definition) is 2. The van der Waals surface area contributed by atoms with Crippen molar-refractivity contribution in [2.75, 3.05) is 0 Å². The molecule has 19 heavy (non-hydrogen) atoms. The minimum atomic E-state index is -0.992. The van der Waals surface area contributed by atoms with Gasteiger partial charge in [0, 0.05) is 0 Å². The number of hydrogen-bond donors (Lipinski definition) is 2. The highest BCUT2D eigenvalue weighted by molar-refractivity contribution is 5.90. The van der Waals surface area contributed by atoms with Crippen LogP contribution in [0.15, 0.2) is 24.3 Å². The minimum absolute atomic E-state index is 0.193. The molecule has 4 nitrogen and oxygen atoms in total. The van der Waals surface area contributed by atoms with E-state index in [0.717, 1.165) is 5.56 Å². The molecule has 2 N–H and O–H groups in total. The maximum Gasteiger partial charge on any atom is 0.326 e. The van der Waals surface area contributed by atoms with Gasteiger partial charge in [0.1, 0.15) is 6.04 Å². The second-order valence-electron chi connectivity index (χ2n) is 6.10. The number of carboxylic acids is 1. The molecule has 1 aromatic carbocycles. The molecular formula is C15H19NO3. The van der Waals surface area contributed by atoms with Crippen molar-refractivity contribution < 1.29 is 14.7 Å². The third-order valence-corrected chi connectivity index (χ3v) is 3.57. The maximum absolute atomic E-state index is 12.2. The number of benzene rings is 1. The smallest absolute Gasteiger partial charge is 0.326 e. The van der Waals surface area contributed by atoms with E-state index >= 15 is 0 Å². The molecule has 0 saturated carbocycles. The second-order valence-corrected chi connectivity index (χ2v) is 6.10. The van der Waals surface area contributed by atoms with Crippen molar-refractivity contribution in [1.29, 1.82) is 0 Å². The van der Waals surface area contributed by atoms with Gasteiger partial charge in [-0.15, -0.1) is 0 Å². The van der Waals surface area contributed by atoms with Gasteiger partial charge in [-0.25, -0.2) is 4.79 Å². The summed E-state index contributed by atoms with van der Waals surface area (Å²) in [7, 11) is 0.